The summed E-state index contributed by atoms with van der Waals surface area (Å²) in [6.45, 7) is 0. The minimum absolute atomic E-state index is 0.117. The third kappa shape index (κ3) is 3.68. The molecule has 0 saturated carbocycles. The second-order valence-electron chi connectivity index (χ2n) is 4.23. The van der Waals surface area contributed by atoms with Gasteiger partial charge in [0.1, 0.15) is 11.0 Å². The molecular weight excluding hydrogens is 282 g/mol. The number of nitrogens with zero attached hydrogens (tertiary/aromatic N) is 1. The summed E-state index contributed by atoms with van der Waals surface area (Å²) in [7, 11) is -3.76. The summed E-state index contributed by atoms with van der Waals surface area (Å²) >= 11 is 0. The fourth-order valence-electron chi connectivity index (χ4n) is 1.72. The van der Waals surface area contributed by atoms with Gasteiger partial charge in [0.25, 0.3) is 0 Å². The molecular formula is C17H13NO2S. The van der Waals surface area contributed by atoms with Crippen LogP contribution >= 0.6 is 0 Å². The lowest BCUT2D eigenvalue weighted by atomic mass is 10.2. The van der Waals surface area contributed by atoms with Crippen LogP contribution in [0.1, 0.15) is 5.56 Å². The van der Waals surface area contributed by atoms with E-state index in [0.29, 0.717) is 0 Å². The zero-order valence-corrected chi connectivity index (χ0v) is 12.0. The van der Waals surface area contributed by atoms with Crippen LogP contribution in [-0.2, 0) is 9.84 Å². The summed E-state index contributed by atoms with van der Waals surface area (Å²) in [5, 5.41) is 9.09. The van der Waals surface area contributed by atoms with Crippen molar-refractivity contribution in [2.75, 3.05) is 0 Å². The van der Waals surface area contributed by atoms with Gasteiger partial charge >= 0.3 is 0 Å². The van der Waals surface area contributed by atoms with Crippen LogP contribution < -0.4 is 0 Å². The lowest BCUT2D eigenvalue weighted by Gasteiger charge is -2.01. The van der Waals surface area contributed by atoms with Crippen LogP contribution in [0.15, 0.2) is 82.6 Å². The van der Waals surface area contributed by atoms with Gasteiger partial charge in [0.2, 0.25) is 9.84 Å². The van der Waals surface area contributed by atoms with Crippen molar-refractivity contribution in [3.63, 3.8) is 0 Å². The average Bonchev–Trinajstić information content (AvgIpc) is 2.53. The number of benzene rings is 2. The molecule has 0 N–H and O–H groups in total. The normalized spacial score (nSPS) is 12.2. The Balaban J connectivity index is 2.30. The van der Waals surface area contributed by atoms with E-state index in [9.17, 15) is 8.42 Å². The second kappa shape index (κ2) is 6.69. The van der Waals surface area contributed by atoms with Crippen LogP contribution in [0.25, 0.3) is 6.08 Å². The number of nitriles is 1. The molecule has 4 heteroatoms. The van der Waals surface area contributed by atoms with Crippen LogP contribution in [0, 0.1) is 11.3 Å². The lowest BCUT2D eigenvalue weighted by molar-refractivity contribution is 0.603. The van der Waals surface area contributed by atoms with Crippen molar-refractivity contribution in [1.82, 2.24) is 0 Å². The van der Waals surface area contributed by atoms with Gasteiger partial charge in [0, 0.05) is 0 Å². The molecule has 0 atom stereocenters. The first-order valence-corrected chi connectivity index (χ1v) is 7.76. The van der Waals surface area contributed by atoms with Crippen LogP contribution in [0.3, 0.4) is 0 Å². The molecule has 0 aliphatic heterocycles. The molecule has 0 bridgehead atoms. The van der Waals surface area contributed by atoms with E-state index in [-0.39, 0.29) is 9.80 Å². The summed E-state index contributed by atoms with van der Waals surface area (Å²) < 4.78 is 24.6. The van der Waals surface area contributed by atoms with Crippen molar-refractivity contribution in [3.05, 3.63) is 83.3 Å². The van der Waals surface area contributed by atoms with Gasteiger partial charge in [-0.3, -0.25) is 0 Å². The molecule has 0 amide bonds. The Morgan fingerprint density at radius 1 is 0.952 bits per heavy atom. The number of hydrogen-bond acceptors (Lipinski definition) is 3. The van der Waals surface area contributed by atoms with E-state index in [2.05, 4.69) is 0 Å². The number of rotatable bonds is 4. The summed E-state index contributed by atoms with van der Waals surface area (Å²) in [4.78, 5) is -0.160. The number of sulfone groups is 1. The molecule has 0 aliphatic carbocycles. The van der Waals surface area contributed by atoms with Gasteiger partial charge in [0.05, 0.1) is 4.90 Å². The second-order valence-corrected chi connectivity index (χ2v) is 6.15. The van der Waals surface area contributed by atoms with Crippen molar-refractivity contribution in [2.24, 2.45) is 0 Å². The molecule has 0 radical (unpaired) electrons. The van der Waals surface area contributed by atoms with E-state index in [1.807, 2.05) is 30.3 Å². The quantitative estimate of drug-likeness (QED) is 0.640. The molecule has 3 nitrogen and oxygen atoms in total. The highest BCUT2D eigenvalue weighted by molar-refractivity contribution is 7.95. The van der Waals surface area contributed by atoms with E-state index < -0.39 is 9.84 Å². The van der Waals surface area contributed by atoms with Crippen molar-refractivity contribution in [3.8, 4) is 6.07 Å². The Bertz CT molecular complexity index is 799. The summed E-state index contributed by atoms with van der Waals surface area (Å²) in [5.41, 5.74) is 0.933. The third-order valence-corrected chi connectivity index (χ3v) is 4.49. The number of allylic oxidation sites excluding steroid dienone is 3. The molecule has 104 valence electrons. The highest BCUT2D eigenvalue weighted by Crippen LogP contribution is 2.18. The van der Waals surface area contributed by atoms with E-state index in [1.165, 1.54) is 18.2 Å². The standard InChI is InChI=1S/C17H13NO2S/c18-14-17(13-7-10-15-8-3-1-4-9-15)21(19,20)16-11-5-2-6-12-16/h1-13H/b10-7+,17-13-. The molecule has 21 heavy (non-hydrogen) atoms. The van der Waals surface area contributed by atoms with Crippen LogP contribution in [0.4, 0.5) is 0 Å². The van der Waals surface area contributed by atoms with Crippen molar-refractivity contribution in [1.29, 1.82) is 5.26 Å². The maximum absolute atomic E-state index is 12.3. The van der Waals surface area contributed by atoms with Crippen molar-refractivity contribution in [2.45, 2.75) is 4.90 Å². The first-order valence-electron chi connectivity index (χ1n) is 6.28. The Kier molecular flexibility index (Phi) is 4.70. The Morgan fingerprint density at radius 3 is 2.10 bits per heavy atom. The topological polar surface area (TPSA) is 57.9 Å². The predicted octanol–water partition coefficient (Wildman–Crippen LogP) is 3.58. The SMILES string of the molecule is N#C/C(=C/C=C/c1ccccc1)S(=O)(=O)c1ccccc1. The van der Waals surface area contributed by atoms with Gasteiger partial charge < -0.3 is 0 Å². The fraction of sp³-hybridized carbons (Fsp3) is 0. The zero-order valence-electron chi connectivity index (χ0n) is 11.2. The van der Waals surface area contributed by atoms with Crippen LogP contribution in [-0.4, -0.2) is 8.42 Å². The van der Waals surface area contributed by atoms with E-state index >= 15 is 0 Å². The molecule has 0 fully saturated rings. The fourth-order valence-corrected chi connectivity index (χ4v) is 2.87. The van der Waals surface area contributed by atoms with Crippen molar-refractivity contribution >= 4 is 15.9 Å². The summed E-state index contributed by atoms with van der Waals surface area (Å²) in [6.07, 6.45) is 4.63. The third-order valence-electron chi connectivity index (χ3n) is 2.79. The molecule has 0 aliphatic rings. The lowest BCUT2D eigenvalue weighted by Crippen LogP contribution is -2.02. The zero-order chi connectivity index (χ0) is 15.1. The summed E-state index contributed by atoms with van der Waals surface area (Å²) in [6, 6.07) is 19.1. The smallest absolute Gasteiger partial charge is 0.216 e. The van der Waals surface area contributed by atoms with Gasteiger partial charge in [-0.1, -0.05) is 60.7 Å². The van der Waals surface area contributed by atoms with E-state index in [1.54, 1.807) is 36.4 Å². The van der Waals surface area contributed by atoms with E-state index in [4.69, 9.17) is 5.26 Å². The van der Waals surface area contributed by atoms with E-state index in [0.717, 1.165) is 5.56 Å². The molecule has 2 aromatic rings. The molecule has 2 rings (SSSR count). The maximum Gasteiger partial charge on any atom is 0.216 e. The van der Waals surface area contributed by atoms with Crippen LogP contribution in [0.2, 0.25) is 0 Å². The summed E-state index contributed by atoms with van der Waals surface area (Å²) in [5.74, 6) is 0. The van der Waals surface area contributed by atoms with Gasteiger partial charge in [-0.05, 0) is 23.8 Å². The highest BCUT2D eigenvalue weighted by atomic mass is 32.2. The van der Waals surface area contributed by atoms with Gasteiger partial charge in [-0.15, -0.1) is 0 Å². The van der Waals surface area contributed by atoms with Gasteiger partial charge in [0.15, 0.2) is 0 Å². The Labute approximate surface area is 124 Å². The molecule has 0 heterocycles. The average molecular weight is 295 g/mol. The molecule has 0 saturated heterocycles. The maximum atomic E-state index is 12.3. The number of hydrogen-bond donors (Lipinski definition) is 0. The van der Waals surface area contributed by atoms with Gasteiger partial charge in [-0.2, -0.15) is 5.26 Å². The largest absolute Gasteiger partial charge is 0.218 e. The minimum Gasteiger partial charge on any atom is -0.218 e. The first kappa shape index (κ1) is 14.8. The van der Waals surface area contributed by atoms with Crippen molar-refractivity contribution < 1.29 is 8.42 Å². The highest BCUT2D eigenvalue weighted by Gasteiger charge is 2.19. The van der Waals surface area contributed by atoms with Crippen LogP contribution in [0.5, 0.6) is 0 Å². The molecule has 0 unspecified atom stereocenters. The Morgan fingerprint density at radius 2 is 1.52 bits per heavy atom. The predicted molar refractivity (Wildman–Crippen MR) is 82.8 cm³/mol. The monoisotopic (exact) mass is 295 g/mol. The molecule has 2 aromatic carbocycles. The molecule has 0 spiro atoms. The first-order chi connectivity index (χ1) is 10.1. The van der Waals surface area contributed by atoms with Gasteiger partial charge in [-0.25, -0.2) is 8.42 Å². The minimum atomic E-state index is -3.76. The Hall–Kier alpha value is -2.64. The molecule has 0 aromatic heterocycles.